The lowest BCUT2D eigenvalue weighted by Gasteiger charge is -2.24. The summed E-state index contributed by atoms with van der Waals surface area (Å²) in [4.78, 5) is 13.9. The van der Waals surface area contributed by atoms with Gasteiger partial charge in [0, 0.05) is 12.5 Å². The Bertz CT molecular complexity index is 745. The van der Waals surface area contributed by atoms with Crippen LogP contribution < -0.4 is 0 Å². The molecule has 2 aromatic rings. The molecule has 0 fully saturated rings. The van der Waals surface area contributed by atoms with E-state index in [-0.39, 0.29) is 18.1 Å². The summed E-state index contributed by atoms with van der Waals surface area (Å²) in [6.07, 6.45) is 5.07. The van der Waals surface area contributed by atoms with Crippen molar-refractivity contribution >= 4 is 6.09 Å². The van der Waals surface area contributed by atoms with Crippen LogP contribution in [0.4, 0.5) is 4.79 Å². The van der Waals surface area contributed by atoms with Gasteiger partial charge in [0.2, 0.25) is 0 Å². The van der Waals surface area contributed by atoms with Crippen molar-refractivity contribution in [3.8, 4) is 23.5 Å². The molecule has 3 nitrogen and oxygen atoms in total. The van der Waals surface area contributed by atoms with Crippen molar-refractivity contribution in [3.05, 3.63) is 59.7 Å². The van der Waals surface area contributed by atoms with Crippen LogP contribution in [0.3, 0.4) is 0 Å². The Labute approximate surface area is 143 Å². The molecule has 122 valence electrons. The maximum atomic E-state index is 12.4. The number of ether oxygens (including phenoxy) is 1. The molecule has 2 aromatic carbocycles. The normalized spacial score (nSPS) is 13.5. The fourth-order valence-electron chi connectivity index (χ4n) is 3.33. The zero-order chi connectivity index (χ0) is 17.1. The van der Waals surface area contributed by atoms with Crippen LogP contribution in [0.5, 0.6) is 0 Å². The van der Waals surface area contributed by atoms with Crippen molar-refractivity contribution in [3.63, 3.8) is 0 Å². The molecule has 0 heterocycles. The average Bonchev–Trinajstić information content (AvgIpc) is 2.94. The first kappa shape index (κ1) is 16.1. The average molecular weight is 319 g/mol. The van der Waals surface area contributed by atoms with Gasteiger partial charge in [-0.15, -0.1) is 6.42 Å². The highest BCUT2D eigenvalue weighted by atomic mass is 16.6. The van der Waals surface area contributed by atoms with Gasteiger partial charge in [-0.3, -0.25) is 4.90 Å². The minimum atomic E-state index is -0.357. The van der Waals surface area contributed by atoms with Crippen molar-refractivity contribution in [2.45, 2.75) is 25.8 Å². The third-order valence-electron chi connectivity index (χ3n) is 4.62. The molecule has 1 unspecified atom stereocenters. The van der Waals surface area contributed by atoms with Gasteiger partial charge in [-0.2, -0.15) is 0 Å². The van der Waals surface area contributed by atoms with Crippen LogP contribution in [0.2, 0.25) is 0 Å². The fraction of sp³-hybridized carbons (Fsp3) is 0.286. The van der Waals surface area contributed by atoms with E-state index in [1.165, 1.54) is 22.3 Å². The molecule has 3 heteroatoms. The first-order chi connectivity index (χ1) is 11.7. The Balaban J connectivity index is 1.81. The number of hydrogen-bond acceptors (Lipinski definition) is 2. The number of rotatable bonds is 4. The summed E-state index contributed by atoms with van der Waals surface area (Å²) in [6.45, 7) is 4.57. The summed E-state index contributed by atoms with van der Waals surface area (Å²) >= 11 is 0. The van der Waals surface area contributed by atoms with Gasteiger partial charge in [0.15, 0.2) is 0 Å². The molecule has 1 amide bonds. The first-order valence-corrected chi connectivity index (χ1v) is 8.25. The van der Waals surface area contributed by atoms with Crippen LogP contribution in [0, 0.1) is 12.3 Å². The molecule has 0 bridgehead atoms. The van der Waals surface area contributed by atoms with E-state index in [4.69, 9.17) is 11.2 Å². The quantitative estimate of drug-likeness (QED) is 0.787. The third kappa shape index (κ3) is 2.76. The molecular weight excluding hydrogens is 298 g/mol. The van der Waals surface area contributed by atoms with Crippen molar-refractivity contribution in [1.29, 1.82) is 0 Å². The predicted octanol–water partition coefficient (Wildman–Crippen LogP) is 4.28. The Morgan fingerprint density at radius 2 is 1.71 bits per heavy atom. The number of fused-ring (bicyclic) bond motifs is 3. The van der Waals surface area contributed by atoms with Gasteiger partial charge in [-0.05, 0) is 36.1 Å². The molecule has 1 atom stereocenters. The maximum Gasteiger partial charge on any atom is 0.410 e. The summed E-state index contributed by atoms with van der Waals surface area (Å²) in [5.41, 5.74) is 4.86. The lowest BCUT2D eigenvalue weighted by Crippen LogP contribution is -2.38. The van der Waals surface area contributed by atoms with Gasteiger partial charge in [0.1, 0.15) is 6.61 Å². The fourth-order valence-corrected chi connectivity index (χ4v) is 3.33. The molecule has 0 saturated heterocycles. The minimum absolute atomic E-state index is 0.0706. The molecule has 1 aliphatic rings. The molecule has 0 N–H and O–H groups in total. The van der Waals surface area contributed by atoms with Crippen LogP contribution in [0.25, 0.3) is 11.1 Å². The highest BCUT2D eigenvalue weighted by molar-refractivity contribution is 5.79. The van der Waals surface area contributed by atoms with Crippen molar-refractivity contribution in [2.24, 2.45) is 0 Å². The number of amides is 1. The van der Waals surface area contributed by atoms with Crippen molar-refractivity contribution in [2.75, 3.05) is 13.2 Å². The number of carbonyl (C=O) groups is 1. The van der Waals surface area contributed by atoms with E-state index in [1.54, 1.807) is 4.90 Å². The van der Waals surface area contributed by atoms with E-state index >= 15 is 0 Å². The smallest absolute Gasteiger partial charge is 0.410 e. The maximum absolute atomic E-state index is 12.4. The van der Waals surface area contributed by atoms with E-state index in [2.05, 4.69) is 30.2 Å². The van der Waals surface area contributed by atoms with Gasteiger partial charge >= 0.3 is 6.09 Å². The van der Waals surface area contributed by atoms with Gasteiger partial charge in [-0.25, -0.2) is 4.79 Å². The zero-order valence-corrected chi connectivity index (χ0v) is 14.0. The van der Waals surface area contributed by atoms with E-state index in [1.807, 2.05) is 38.1 Å². The van der Waals surface area contributed by atoms with Gasteiger partial charge in [-0.1, -0.05) is 54.5 Å². The summed E-state index contributed by atoms with van der Waals surface area (Å²) in [5.74, 6) is 2.65. The Kier molecular flexibility index (Phi) is 4.57. The van der Waals surface area contributed by atoms with E-state index in [0.717, 1.165) is 0 Å². The molecule has 24 heavy (non-hydrogen) atoms. The number of nitrogens with zero attached hydrogens (tertiary/aromatic N) is 1. The third-order valence-corrected chi connectivity index (χ3v) is 4.62. The highest BCUT2D eigenvalue weighted by Gasteiger charge is 2.29. The molecule has 1 aliphatic carbocycles. The van der Waals surface area contributed by atoms with Crippen molar-refractivity contribution < 1.29 is 9.53 Å². The zero-order valence-electron chi connectivity index (χ0n) is 14.0. The largest absolute Gasteiger partial charge is 0.448 e. The molecule has 0 aromatic heterocycles. The summed E-state index contributed by atoms with van der Waals surface area (Å²) < 4.78 is 5.61. The van der Waals surface area contributed by atoms with Gasteiger partial charge in [0.05, 0.1) is 6.04 Å². The molecule has 0 aliphatic heterocycles. The first-order valence-electron chi connectivity index (χ1n) is 8.25. The van der Waals surface area contributed by atoms with E-state index in [0.29, 0.717) is 13.2 Å². The number of carbonyl (C=O) groups excluding carboxylic acids is 1. The van der Waals surface area contributed by atoms with Gasteiger partial charge < -0.3 is 4.74 Å². The second-order valence-corrected chi connectivity index (χ2v) is 5.93. The van der Waals surface area contributed by atoms with Gasteiger partial charge in [0.25, 0.3) is 0 Å². The summed E-state index contributed by atoms with van der Waals surface area (Å²) in [6, 6.07) is 16.3. The lowest BCUT2D eigenvalue weighted by atomic mass is 9.98. The Morgan fingerprint density at radius 3 is 2.21 bits per heavy atom. The number of benzene rings is 2. The monoisotopic (exact) mass is 319 g/mol. The molecular formula is C21H21NO2. The van der Waals surface area contributed by atoms with Crippen LogP contribution in [0.1, 0.15) is 30.9 Å². The second kappa shape index (κ2) is 6.80. The molecule has 0 spiro atoms. The topological polar surface area (TPSA) is 29.5 Å². The minimum Gasteiger partial charge on any atom is -0.448 e. The number of terminal acetylenes is 1. The van der Waals surface area contributed by atoms with E-state index in [9.17, 15) is 4.79 Å². The molecule has 0 saturated carbocycles. The SMILES string of the molecule is C#CC(C)N(CC)C(=O)OCC1c2ccccc2-c2ccccc21. The summed E-state index contributed by atoms with van der Waals surface area (Å²) in [5, 5.41) is 0. The summed E-state index contributed by atoms with van der Waals surface area (Å²) in [7, 11) is 0. The van der Waals surface area contributed by atoms with Crippen LogP contribution in [-0.2, 0) is 4.74 Å². The Hall–Kier alpha value is -2.73. The van der Waals surface area contributed by atoms with E-state index < -0.39 is 0 Å². The predicted molar refractivity (Wildman–Crippen MR) is 95.7 cm³/mol. The van der Waals surface area contributed by atoms with Crippen LogP contribution in [-0.4, -0.2) is 30.2 Å². The van der Waals surface area contributed by atoms with Crippen LogP contribution in [0.15, 0.2) is 48.5 Å². The standard InChI is InChI=1S/C21H21NO2/c1-4-15(3)22(5-2)21(23)24-14-20-18-12-8-6-10-16(18)17-11-7-9-13-19(17)20/h1,6-13,15,20H,5,14H2,2-3H3. The Morgan fingerprint density at radius 1 is 1.17 bits per heavy atom. The number of hydrogen-bond donors (Lipinski definition) is 0. The lowest BCUT2D eigenvalue weighted by molar-refractivity contribution is 0.0964. The molecule has 3 rings (SSSR count). The van der Waals surface area contributed by atoms with Crippen molar-refractivity contribution in [1.82, 2.24) is 4.90 Å². The highest BCUT2D eigenvalue weighted by Crippen LogP contribution is 2.44. The second-order valence-electron chi connectivity index (χ2n) is 5.93. The molecule has 0 radical (unpaired) electrons. The van der Waals surface area contributed by atoms with Crippen LogP contribution >= 0.6 is 0 Å².